The molecule has 1 aromatic heterocycles. The number of rotatable bonds is 7. The van der Waals surface area contributed by atoms with Gasteiger partial charge in [-0.2, -0.15) is 0 Å². The Morgan fingerprint density at radius 1 is 0.722 bits per heavy atom. The van der Waals surface area contributed by atoms with Crippen LogP contribution in [0.4, 0.5) is 0 Å². The number of aromatic nitrogens is 1. The summed E-state index contributed by atoms with van der Waals surface area (Å²) < 4.78 is 2.28. The van der Waals surface area contributed by atoms with Gasteiger partial charge in [0.2, 0.25) is 6.29 Å². The van der Waals surface area contributed by atoms with Gasteiger partial charge in [-0.15, -0.1) is 0 Å². The van der Waals surface area contributed by atoms with Gasteiger partial charge in [-0.05, 0) is 69.3 Å². The predicted molar refractivity (Wildman–Crippen MR) is 227 cm³/mol. The molecule has 9 rings (SSSR count). The fourth-order valence-electron chi connectivity index (χ4n) is 8.66. The lowest BCUT2D eigenvalue weighted by atomic mass is 9.65. The molecule has 0 bridgehead atoms. The van der Waals surface area contributed by atoms with Gasteiger partial charge in [0.05, 0.1) is 16.4 Å². The molecule has 7 aromatic rings. The number of fused-ring (bicyclic) bond motifs is 6. The van der Waals surface area contributed by atoms with E-state index in [9.17, 15) is 0 Å². The molecule has 4 nitrogen and oxygen atoms in total. The first-order valence-electron chi connectivity index (χ1n) is 19.0. The van der Waals surface area contributed by atoms with E-state index in [0.29, 0.717) is 5.84 Å². The van der Waals surface area contributed by atoms with Crippen LogP contribution in [-0.2, 0) is 10.8 Å². The van der Waals surface area contributed by atoms with E-state index in [4.69, 9.17) is 15.7 Å². The van der Waals surface area contributed by atoms with Gasteiger partial charge in [-0.3, -0.25) is 4.57 Å². The van der Waals surface area contributed by atoms with Gasteiger partial charge < -0.3 is 5.73 Å². The number of para-hydroxylation sites is 1. The highest BCUT2D eigenvalue weighted by Crippen LogP contribution is 2.58. The Morgan fingerprint density at radius 2 is 1.37 bits per heavy atom. The van der Waals surface area contributed by atoms with Crippen molar-refractivity contribution in [2.24, 2.45) is 15.7 Å². The lowest BCUT2D eigenvalue weighted by Gasteiger charge is -2.36. The zero-order valence-electron chi connectivity index (χ0n) is 31.1. The molecular formula is C50H44N4. The quantitative estimate of drug-likeness (QED) is 0.131. The van der Waals surface area contributed by atoms with Crippen molar-refractivity contribution in [1.29, 1.82) is 0 Å². The SMILES string of the molecule is CC(C)(C)c1ccc(C=NC(N=C(N)c2ccccc2)n2c3ccccc3c3ccc(C4(C5=CC=CCC5)c5ccccc5-c5ccccc54)cc32)cc1. The highest BCUT2D eigenvalue weighted by molar-refractivity contribution is 6.09. The minimum Gasteiger partial charge on any atom is -0.383 e. The number of nitrogens with zero attached hydrogens (tertiary/aromatic N) is 3. The monoisotopic (exact) mass is 700 g/mol. The molecule has 0 aliphatic heterocycles. The van der Waals surface area contributed by atoms with Crippen molar-refractivity contribution in [1.82, 2.24) is 4.57 Å². The summed E-state index contributed by atoms with van der Waals surface area (Å²) in [6.45, 7) is 6.70. The third-order valence-electron chi connectivity index (χ3n) is 11.3. The van der Waals surface area contributed by atoms with Gasteiger partial charge >= 0.3 is 0 Å². The second-order valence-corrected chi connectivity index (χ2v) is 15.5. The van der Waals surface area contributed by atoms with E-state index in [1.807, 2.05) is 36.5 Å². The molecule has 0 spiro atoms. The summed E-state index contributed by atoms with van der Waals surface area (Å²) in [6, 6.07) is 52.2. The van der Waals surface area contributed by atoms with Gasteiger partial charge in [0.1, 0.15) is 5.84 Å². The predicted octanol–water partition coefficient (Wildman–Crippen LogP) is 11.7. The smallest absolute Gasteiger partial charge is 0.222 e. The first-order valence-corrected chi connectivity index (χ1v) is 19.0. The zero-order chi connectivity index (χ0) is 36.9. The Balaban J connectivity index is 1.30. The first-order chi connectivity index (χ1) is 26.3. The molecule has 0 fully saturated rings. The molecule has 2 N–H and O–H groups in total. The van der Waals surface area contributed by atoms with E-state index >= 15 is 0 Å². The molecule has 0 radical (unpaired) electrons. The molecule has 264 valence electrons. The second kappa shape index (κ2) is 13.3. The lowest BCUT2D eigenvalue weighted by molar-refractivity contribution is 0.586. The number of amidine groups is 1. The van der Waals surface area contributed by atoms with E-state index in [2.05, 4.69) is 159 Å². The van der Waals surface area contributed by atoms with Crippen LogP contribution in [0.5, 0.6) is 0 Å². The van der Waals surface area contributed by atoms with Crippen LogP contribution in [0.1, 0.15) is 73.3 Å². The minimum absolute atomic E-state index is 0.0645. The molecule has 0 saturated carbocycles. The fourth-order valence-corrected chi connectivity index (χ4v) is 8.66. The largest absolute Gasteiger partial charge is 0.383 e. The molecule has 2 aliphatic rings. The van der Waals surface area contributed by atoms with Gasteiger partial charge in [0.25, 0.3) is 0 Å². The Hall–Kier alpha value is -6.26. The maximum atomic E-state index is 6.83. The molecule has 0 saturated heterocycles. The summed E-state index contributed by atoms with van der Waals surface area (Å²) >= 11 is 0. The van der Waals surface area contributed by atoms with Crippen molar-refractivity contribution in [3.8, 4) is 11.1 Å². The first kappa shape index (κ1) is 33.6. The Kier molecular flexibility index (Phi) is 8.27. The molecule has 54 heavy (non-hydrogen) atoms. The molecule has 2 aliphatic carbocycles. The molecule has 6 aromatic carbocycles. The average Bonchev–Trinajstić information content (AvgIpc) is 3.70. The van der Waals surface area contributed by atoms with Gasteiger partial charge in [-0.1, -0.05) is 178 Å². The Bertz CT molecular complexity index is 2600. The van der Waals surface area contributed by atoms with Gasteiger partial charge in [-0.25, -0.2) is 9.98 Å². The van der Waals surface area contributed by atoms with Crippen LogP contribution in [0.15, 0.2) is 179 Å². The fraction of sp³-hybridized carbons (Fsp3) is 0.160. The molecular weight excluding hydrogens is 657 g/mol. The van der Waals surface area contributed by atoms with E-state index in [1.165, 1.54) is 39.0 Å². The van der Waals surface area contributed by atoms with Crippen molar-refractivity contribution in [2.45, 2.75) is 50.7 Å². The summed E-state index contributed by atoms with van der Waals surface area (Å²) in [4.78, 5) is 10.5. The highest BCUT2D eigenvalue weighted by Gasteiger charge is 2.47. The third kappa shape index (κ3) is 5.52. The van der Waals surface area contributed by atoms with Crippen molar-refractivity contribution in [3.63, 3.8) is 0 Å². The van der Waals surface area contributed by atoms with Crippen molar-refractivity contribution < 1.29 is 0 Å². The summed E-state index contributed by atoms with van der Waals surface area (Å²) in [5, 5.41) is 2.31. The summed E-state index contributed by atoms with van der Waals surface area (Å²) in [7, 11) is 0. The van der Waals surface area contributed by atoms with Gasteiger partial charge in [0, 0.05) is 22.6 Å². The van der Waals surface area contributed by atoms with Crippen LogP contribution in [0, 0.1) is 0 Å². The summed E-state index contributed by atoms with van der Waals surface area (Å²) in [6.07, 6.45) is 10.1. The molecule has 4 heteroatoms. The number of benzene rings is 6. The molecule has 1 unspecified atom stereocenters. The number of hydrogen-bond donors (Lipinski definition) is 1. The maximum absolute atomic E-state index is 6.83. The maximum Gasteiger partial charge on any atom is 0.222 e. The summed E-state index contributed by atoms with van der Waals surface area (Å²) in [5.41, 5.74) is 19.6. The van der Waals surface area contributed by atoms with Crippen LogP contribution in [0.25, 0.3) is 32.9 Å². The second-order valence-electron chi connectivity index (χ2n) is 15.5. The Morgan fingerprint density at radius 3 is 2.06 bits per heavy atom. The number of nitrogens with two attached hydrogens (primary N) is 1. The molecule has 1 heterocycles. The normalized spacial score (nSPS) is 15.8. The average molecular weight is 701 g/mol. The van der Waals surface area contributed by atoms with Gasteiger partial charge in [0.15, 0.2) is 0 Å². The highest BCUT2D eigenvalue weighted by atomic mass is 15.3. The van der Waals surface area contributed by atoms with Crippen LogP contribution in [0.2, 0.25) is 0 Å². The van der Waals surface area contributed by atoms with E-state index in [1.54, 1.807) is 0 Å². The van der Waals surface area contributed by atoms with Crippen LogP contribution < -0.4 is 5.73 Å². The molecule has 0 amide bonds. The van der Waals surface area contributed by atoms with Crippen molar-refractivity contribution >= 4 is 33.9 Å². The number of hydrogen-bond acceptors (Lipinski definition) is 2. The van der Waals surface area contributed by atoms with E-state index in [-0.39, 0.29) is 5.41 Å². The van der Waals surface area contributed by atoms with Crippen LogP contribution in [0.3, 0.4) is 0 Å². The topological polar surface area (TPSA) is 55.7 Å². The van der Waals surface area contributed by atoms with Crippen molar-refractivity contribution in [2.75, 3.05) is 0 Å². The standard InChI is InChI=1S/C50H44N4/c1-49(2,3)36-28-26-34(27-29-36)33-52-48(53-47(51)35-16-6-4-7-17-35)54-45-25-15-12-22-41(45)42-31-30-38(32-46(42)54)50(37-18-8-5-9-19-37)43-23-13-10-20-39(43)40-21-11-14-24-44(40)50/h4-8,10-18,20-33,48H,9,19H2,1-3H3,(H2,51,53). The van der Waals surface area contributed by atoms with Crippen molar-refractivity contribution in [3.05, 3.63) is 203 Å². The number of allylic oxidation sites excluding steroid dienone is 4. The van der Waals surface area contributed by atoms with E-state index in [0.717, 1.165) is 45.8 Å². The Labute approximate surface area is 317 Å². The summed E-state index contributed by atoms with van der Waals surface area (Å²) in [5.74, 6) is 0.442. The van der Waals surface area contributed by atoms with E-state index < -0.39 is 11.7 Å². The van der Waals surface area contributed by atoms with Crippen LogP contribution >= 0.6 is 0 Å². The molecule has 1 atom stereocenters. The third-order valence-corrected chi connectivity index (χ3v) is 11.3. The number of aliphatic imine (C=N–C) groups is 2. The lowest BCUT2D eigenvalue weighted by Crippen LogP contribution is -2.30. The zero-order valence-corrected chi connectivity index (χ0v) is 31.1. The minimum atomic E-state index is -0.666. The van der Waals surface area contributed by atoms with Crippen LogP contribution in [-0.4, -0.2) is 16.6 Å².